The highest BCUT2D eigenvalue weighted by Crippen LogP contribution is 2.47. The van der Waals surface area contributed by atoms with E-state index >= 15 is 0 Å². The van der Waals surface area contributed by atoms with Gasteiger partial charge in [0.05, 0.1) is 5.92 Å². The summed E-state index contributed by atoms with van der Waals surface area (Å²) in [4.78, 5) is 22.7. The maximum Gasteiger partial charge on any atom is 0.324 e. The van der Waals surface area contributed by atoms with Gasteiger partial charge in [-0.3, -0.25) is 9.59 Å². The monoisotopic (exact) mass is 339 g/mol. The first-order chi connectivity index (χ1) is 11.9. The molecule has 4 N–H and O–H groups in total. The zero-order valence-electron chi connectivity index (χ0n) is 13.8. The van der Waals surface area contributed by atoms with Gasteiger partial charge in [0, 0.05) is 5.92 Å². The van der Waals surface area contributed by atoms with Crippen LogP contribution in [0.25, 0.3) is 11.1 Å². The highest BCUT2D eigenvalue weighted by atomic mass is 16.4. The smallest absolute Gasteiger partial charge is 0.324 e. The summed E-state index contributed by atoms with van der Waals surface area (Å²) in [5, 5.41) is 18.6. The number of carboxylic acids is 2. The van der Waals surface area contributed by atoms with Gasteiger partial charge in [-0.2, -0.15) is 0 Å². The van der Waals surface area contributed by atoms with Crippen LogP contribution in [0.3, 0.4) is 0 Å². The zero-order valence-corrected chi connectivity index (χ0v) is 13.8. The SMILES string of the molecule is N[C@@](CCc1cccc(-c2ccccc2)c1)(C(=O)O)C1C[C@@H]1C(=O)O. The quantitative estimate of drug-likeness (QED) is 0.720. The molecular weight excluding hydrogens is 318 g/mol. The van der Waals surface area contributed by atoms with Crippen molar-refractivity contribution in [2.75, 3.05) is 0 Å². The molecule has 1 unspecified atom stereocenters. The van der Waals surface area contributed by atoms with E-state index in [1.165, 1.54) is 0 Å². The lowest BCUT2D eigenvalue weighted by Gasteiger charge is -2.25. The van der Waals surface area contributed by atoms with Gasteiger partial charge < -0.3 is 15.9 Å². The van der Waals surface area contributed by atoms with Crippen molar-refractivity contribution in [3.05, 3.63) is 60.2 Å². The number of aryl methyl sites for hydroxylation is 1. The number of hydrogen-bond donors (Lipinski definition) is 3. The minimum absolute atomic E-state index is 0.217. The highest BCUT2D eigenvalue weighted by molar-refractivity contribution is 5.83. The van der Waals surface area contributed by atoms with Crippen LogP contribution in [0.1, 0.15) is 18.4 Å². The zero-order chi connectivity index (χ0) is 18.0. The maximum absolute atomic E-state index is 11.7. The molecule has 0 aromatic heterocycles. The van der Waals surface area contributed by atoms with E-state index in [-0.39, 0.29) is 6.42 Å². The maximum atomic E-state index is 11.7. The third kappa shape index (κ3) is 3.56. The van der Waals surface area contributed by atoms with Crippen LogP contribution < -0.4 is 5.73 Å². The fraction of sp³-hybridized carbons (Fsp3) is 0.300. The Balaban J connectivity index is 1.74. The summed E-state index contributed by atoms with van der Waals surface area (Å²) >= 11 is 0. The van der Waals surface area contributed by atoms with E-state index in [2.05, 4.69) is 0 Å². The van der Waals surface area contributed by atoms with E-state index < -0.39 is 29.3 Å². The second kappa shape index (κ2) is 6.69. The van der Waals surface area contributed by atoms with Crippen molar-refractivity contribution in [3.63, 3.8) is 0 Å². The standard InChI is InChI=1S/C20H21NO4/c21-20(19(24)25,17-12-16(17)18(22)23)10-9-13-5-4-8-15(11-13)14-6-2-1-3-7-14/h1-8,11,16-17H,9-10,12,21H2,(H,22,23)(H,24,25)/t16-,17?,20+/m0/s1. The van der Waals surface area contributed by atoms with E-state index in [4.69, 9.17) is 10.8 Å². The van der Waals surface area contributed by atoms with Crippen molar-refractivity contribution in [1.82, 2.24) is 0 Å². The van der Waals surface area contributed by atoms with Gasteiger partial charge in [-0.05, 0) is 36.0 Å². The fourth-order valence-corrected chi connectivity index (χ4v) is 3.38. The van der Waals surface area contributed by atoms with Crippen LogP contribution in [-0.4, -0.2) is 27.7 Å². The Bertz CT molecular complexity index is 789. The van der Waals surface area contributed by atoms with Crippen LogP contribution in [0, 0.1) is 11.8 Å². The molecule has 3 rings (SSSR count). The summed E-state index contributed by atoms with van der Waals surface area (Å²) in [6.07, 6.45) is 1.05. The number of benzene rings is 2. The van der Waals surface area contributed by atoms with Gasteiger partial charge in [0.2, 0.25) is 0 Å². The Morgan fingerprint density at radius 3 is 2.32 bits per heavy atom. The summed E-state index contributed by atoms with van der Waals surface area (Å²) in [6, 6.07) is 17.8. The second-order valence-electron chi connectivity index (χ2n) is 6.70. The first kappa shape index (κ1) is 17.2. The second-order valence-corrected chi connectivity index (χ2v) is 6.70. The molecule has 5 heteroatoms. The van der Waals surface area contributed by atoms with Crippen LogP contribution in [0.5, 0.6) is 0 Å². The van der Waals surface area contributed by atoms with E-state index in [1.807, 2.05) is 54.6 Å². The average molecular weight is 339 g/mol. The molecule has 0 saturated heterocycles. The molecule has 0 spiro atoms. The van der Waals surface area contributed by atoms with E-state index in [9.17, 15) is 14.7 Å². The third-order valence-corrected chi connectivity index (χ3v) is 5.03. The summed E-state index contributed by atoms with van der Waals surface area (Å²) < 4.78 is 0. The molecule has 0 aliphatic heterocycles. The first-order valence-corrected chi connectivity index (χ1v) is 8.31. The Morgan fingerprint density at radius 2 is 1.72 bits per heavy atom. The molecule has 1 aliphatic carbocycles. The third-order valence-electron chi connectivity index (χ3n) is 5.03. The lowest BCUT2D eigenvalue weighted by molar-refractivity contribution is -0.145. The van der Waals surface area contributed by atoms with Crippen LogP contribution in [0.15, 0.2) is 54.6 Å². The van der Waals surface area contributed by atoms with Gasteiger partial charge in [-0.25, -0.2) is 0 Å². The molecule has 0 radical (unpaired) electrons. The normalized spacial score (nSPS) is 21.3. The molecule has 25 heavy (non-hydrogen) atoms. The number of carboxylic acid groups (broad SMARTS) is 2. The summed E-state index contributed by atoms with van der Waals surface area (Å²) in [5.74, 6) is -3.23. The fourth-order valence-electron chi connectivity index (χ4n) is 3.38. The summed E-state index contributed by atoms with van der Waals surface area (Å²) in [5.41, 5.74) is 7.76. The van der Waals surface area contributed by atoms with Gasteiger partial charge in [0.15, 0.2) is 0 Å². The number of rotatable bonds is 7. The summed E-state index contributed by atoms with van der Waals surface area (Å²) in [6.45, 7) is 0. The van der Waals surface area contributed by atoms with E-state index in [1.54, 1.807) is 0 Å². The van der Waals surface area contributed by atoms with E-state index in [0.717, 1.165) is 16.7 Å². The van der Waals surface area contributed by atoms with Gasteiger partial charge in [0.25, 0.3) is 0 Å². The Labute approximate surface area is 146 Å². The highest BCUT2D eigenvalue weighted by Gasteiger charge is 2.57. The Morgan fingerprint density at radius 1 is 1.04 bits per heavy atom. The van der Waals surface area contributed by atoms with E-state index in [0.29, 0.717) is 12.8 Å². The molecule has 3 atom stereocenters. The topological polar surface area (TPSA) is 101 Å². The van der Waals surface area contributed by atoms with Gasteiger partial charge in [-0.1, -0.05) is 54.6 Å². The predicted molar refractivity (Wildman–Crippen MR) is 94.0 cm³/mol. The molecular formula is C20H21NO4. The van der Waals surface area contributed by atoms with Crippen LogP contribution >= 0.6 is 0 Å². The minimum atomic E-state index is -1.49. The molecule has 5 nitrogen and oxygen atoms in total. The molecule has 1 saturated carbocycles. The molecule has 2 aromatic rings. The largest absolute Gasteiger partial charge is 0.481 e. The minimum Gasteiger partial charge on any atom is -0.481 e. The molecule has 0 heterocycles. The lowest BCUT2D eigenvalue weighted by Crippen LogP contribution is -2.51. The molecule has 0 bridgehead atoms. The molecule has 0 amide bonds. The molecule has 1 aliphatic rings. The van der Waals surface area contributed by atoms with Gasteiger partial charge in [-0.15, -0.1) is 0 Å². The lowest BCUT2D eigenvalue weighted by atomic mass is 9.86. The predicted octanol–water partition coefficient (Wildman–Crippen LogP) is 2.79. The van der Waals surface area contributed by atoms with Crippen LogP contribution in [0.4, 0.5) is 0 Å². The van der Waals surface area contributed by atoms with Crippen molar-refractivity contribution < 1.29 is 19.8 Å². The van der Waals surface area contributed by atoms with Crippen LogP contribution in [0.2, 0.25) is 0 Å². The number of carbonyl (C=O) groups is 2. The summed E-state index contributed by atoms with van der Waals surface area (Å²) in [7, 11) is 0. The first-order valence-electron chi connectivity index (χ1n) is 8.31. The van der Waals surface area contributed by atoms with Crippen molar-refractivity contribution in [3.8, 4) is 11.1 Å². The number of hydrogen-bond acceptors (Lipinski definition) is 3. The van der Waals surface area contributed by atoms with Gasteiger partial charge >= 0.3 is 11.9 Å². The van der Waals surface area contributed by atoms with Crippen molar-refractivity contribution in [1.29, 1.82) is 0 Å². The van der Waals surface area contributed by atoms with Gasteiger partial charge in [0.1, 0.15) is 5.54 Å². The average Bonchev–Trinajstić information content (AvgIpc) is 3.42. The Kier molecular flexibility index (Phi) is 4.59. The van der Waals surface area contributed by atoms with Crippen molar-refractivity contribution in [2.45, 2.75) is 24.8 Å². The van der Waals surface area contributed by atoms with Crippen molar-refractivity contribution >= 4 is 11.9 Å². The molecule has 2 aromatic carbocycles. The number of aliphatic carboxylic acids is 2. The van der Waals surface area contributed by atoms with Crippen LogP contribution in [-0.2, 0) is 16.0 Å². The molecule has 1 fully saturated rings. The van der Waals surface area contributed by atoms with Crippen molar-refractivity contribution in [2.24, 2.45) is 17.6 Å². The molecule has 130 valence electrons. The number of nitrogens with two attached hydrogens (primary N) is 1. The Hall–Kier alpha value is -2.66.